The Morgan fingerprint density at radius 2 is 2.06 bits per heavy atom. The van der Waals surface area contributed by atoms with Crippen molar-refractivity contribution in [1.29, 1.82) is 0 Å². The van der Waals surface area contributed by atoms with E-state index >= 15 is 0 Å². The molecule has 0 heterocycles. The van der Waals surface area contributed by atoms with Crippen LogP contribution >= 0.6 is 0 Å². The lowest BCUT2D eigenvalue weighted by atomic mass is 10.1. The predicted octanol–water partition coefficient (Wildman–Crippen LogP) is 0.418. The van der Waals surface area contributed by atoms with Gasteiger partial charge in [0.1, 0.15) is 0 Å². The molecule has 0 saturated heterocycles. The molecule has 0 aliphatic heterocycles. The number of nitrogen functional groups attached to an aromatic ring is 1. The SMILES string of the molecule is Nc1cccc(C=C(C=S(=O)=O)C(=O)O)c1. The minimum absolute atomic E-state index is 0.320. The second-order valence-electron chi connectivity index (χ2n) is 2.95. The third-order valence-corrected chi connectivity index (χ3v) is 2.15. The first-order valence-electron chi connectivity index (χ1n) is 4.22. The van der Waals surface area contributed by atoms with E-state index in [9.17, 15) is 13.2 Å². The Morgan fingerprint density at radius 1 is 1.38 bits per heavy atom. The molecule has 0 bridgehead atoms. The van der Waals surface area contributed by atoms with Crippen LogP contribution in [0.25, 0.3) is 6.08 Å². The summed E-state index contributed by atoms with van der Waals surface area (Å²) in [4.78, 5) is 10.7. The van der Waals surface area contributed by atoms with Gasteiger partial charge in [0.2, 0.25) is 10.3 Å². The number of nitrogens with two attached hydrogens (primary N) is 1. The van der Waals surface area contributed by atoms with Crippen molar-refractivity contribution in [2.75, 3.05) is 5.73 Å². The van der Waals surface area contributed by atoms with Gasteiger partial charge in [0.25, 0.3) is 0 Å². The number of anilines is 1. The van der Waals surface area contributed by atoms with Crippen LogP contribution in [0.4, 0.5) is 5.69 Å². The molecule has 0 fully saturated rings. The maximum Gasteiger partial charge on any atom is 0.336 e. The zero-order chi connectivity index (χ0) is 12.1. The van der Waals surface area contributed by atoms with Crippen LogP contribution in [0.5, 0.6) is 0 Å². The van der Waals surface area contributed by atoms with Gasteiger partial charge in [-0.2, -0.15) is 8.42 Å². The van der Waals surface area contributed by atoms with Crippen LogP contribution in [0.15, 0.2) is 29.8 Å². The highest BCUT2D eigenvalue weighted by molar-refractivity contribution is 7.72. The van der Waals surface area contributed by atoms with Gasteiger partial charge in [-0.05, 0) is 23.8 Å². The Bertz CT molecular complexity index is 564. The van der Waals surface area contributed by atoms with Crippen molar-refractivity contribution in [2.24, 2.45) is 0 Å². The van der Waals surface area contributed by atoms with Gasteiger partial charge in [0.05, 0.1) is 10.9 Å². The second-order valence-corrected chi connectivity index (χ2v) is 3.71. The lowest BCUT2D eigenvalue weighted by Gasteiger charge is -1.97. The number of benzene rings is 1. The first-order valence-corrected chi connectivity index (χ1v) is 5.36. The molecule has 84 valence electrons. The molecule has 3 N–H and O–H groups in total. The van der Waals surface area contributed by atoms with E-state index < -0.39 is 16.3 Å². The minimum atomic E-state index is -2.55. The number of carbonyl (C=O) groups is 1. The molecule has 1 aromatic carbocycles. The summed E-state index contributed by atoms with van der Waals surface area (Å²) in [6.07, 6.45) is 1.23. The second kappa shape index (κ2) is 5.13. The first-order chi connectivity index (χ1) is 7.49. The molecule has 0 atom stereocenters. The van der Waals surface area contributed by atoms with Crippen molar-refractivity contribution in [3.8, 4) is 0 Å². The third-order valence-electron chi connectivity index (χ3n) is 1.70. The van der Waals surface area contributed by atoms with Gasteiger partial charge in [-0.15, -0.1) is 0 Å². The zero-order valence-electron chi connectivity index (χ0n) is 8.12. The fraction of sp³-hybridized carbons (Fsp3) is 0. The Kier molecular flexibility index (Phi) is 3.84. The largest absolute Gasteiger partial charge is 0.478 e. The van der Waals surface area contributed by atoms with Crippen molar-refractivity contribution >= 4 is 33.4 Å². The Hall–Kier alpha value is -2.08. The van der Waals surface area contributed by atoms with E-state index in [1.807, 2.05) is 0 Å². The van der Waals surface area contributed by atoms with Crippen molar-refractivity contribution in [3.05, 3.63) is 35.4 Å². The van der Waals surface area contributed by atoms with E-state index in [2.05, 4.69) is 0 Å². The highest BCUT2D eigenvalue weighted by atomic mass is 32.2. The Morgan fingerprint density at radius 3 is 2.56 bits per heavy atom. The fourth-order valence-electron chi connectivity index (χ4n) is 1.08. The average molecular weight is 239 g/mol. The van der Waals surface area contributed by atoms with Gasteiger partial charge in [-0.3, -0.25) is 0 Å². The van der Waals surface area contributed by atoms with Crippen LogP contribution in [-0.2, 0) is 15.1 Å². The summed E-state index contributed by atoms with van der Waals surface area (Å²) in [6, 6.07) is 6.47. The number of hydrogen-bond donors (Lipinski definition) is 2. The maximum absolute atomic E-state index is 10.7. The minimum Gasteiger partial charge on any atom is -0.478 e. The van der Waals surface area contributed by atoms with Gasteiger partial charge in [0, 0.05) is 5.69 Å². The Balaban J connectivity index is 3.23. The molecular formula is C10H9NO4S. The molecular weight excluding hydrogens is 230 g/mol. The summed E-state index contributed by atoms with van der Waals surface area (Å²) >= 11 is 0. The standard InChI is InChI=1S/C10H9NO4S/c11-9-3-1-2-7(5-9)4-8(10(12)13)6-16(14)15/h1-6H,11H2,(H,12,13). The molecule has 6 heteroatoms. The molecule has 16 heavy (non-hydrogen) atoms. The molecule has 0 saturated carbocycles. The lowest BCUT2D eigenvalue weighted by molar-refractivity contribution is -0.131. The summed E-state index contributed by atoms with van der Waals surface area (Å²) < 4.78 is 20.8. The van der Waals surface area contributed by atoms with E-state index in [1.54, 1.807) is 24.3 Å². The van der Waals surface area contributed by atoms with Crippen LogP contribution in [0.1, 0.15) is 5.56 Å². The van der Waals surface area contributed by atoms with Crippen molar-refractivity contribution in [1.82, 2.24) is 0 Å². The molecule has 0 aromatic heterocycles. The molecule has 0 amide bonds. The number of hydrogen-bond acceptors (Lipinski definition) is 4. The zero-order valence-corrected chi connectivity index (χ0v) is 8.94. The quantitative estimate of drug-likeness (QED) is 0.452. The summed E-state index contributed by atoms with van der Waals surface area (Å²) in [5.74, 6) is -1.31. The predicted molar refractivity (Wildman–Crippen MR) is 61.5 cm³/mol. The molecule has 0 unspecified atom stereocenters. The smallest absolute Gasteiger partial charge is 0.336 e. The van der Waals surface area contributed by atoms with Gasteiger partial charge in [0.15, 0.2) is 0 Å². The van der Waals surface area contributed by atoms with Crippen molar-refractivity contribution in [2.45, 2.75) is 0 Å². The first kappa shape index (κ1) is 12.0. The van der Waals surface area contributed by atoms with E-state index in [4.69, 9.17) is 10.8 Å². The fourth-order valence-corrected chi connectivity index (χ4v) is 1.45. The summed E-state index contributed by atoms with van der Waals surface area (Å²) in [6.45, 7) is 0. The van der Waals surface area contributed by atoms with Crippen LogP contribution in [0.2, 0.25) is 0 Å². The monoisotopic (exact) mass is 239 g/mol. The van der Waals surface area contributed by atoms with Crippen molar-refractivity contribution in [3.63, 3.8) is 0 Å². The summed E-state index contributed by atoms with van der Waals surface area (Å²) in [5.41, 5.74) is 6.18. The van der Waals surface area contributed by atoms with Crippen LogP contribution < -0.4 is 5.73 Å². The molecule has 1 rings (SSSR count). The summed E-state index contributed by atoms with van der Waals surface area (Å²) in [7, 11) is -2.55. The molecule has 0 aliphatic carbocycles. The van der Waals surface area contributed by atoms with Gasteiger partial charge in [-0.1, -0.05) is 12.1 Å². The van der Waals surface area contributed by atoms with Crippen LogP contribution in [-0.4, -0.2) is 24.9 Å². The van der Waals surface area contributed by atoms with Gasteiger partial charge < -0.3 is 10.8 Å². The van der Waals surface area contributed by atoms with E-state index in [-0.39, 0.29) is 5.57 Å². The average Bonchev–Trinajstić information content (AvgIpc) is 2.15. The number of carboxylic acid groups (broad SMARTS) is 1. The van der Waals surface area contributed by atoms with Gasteiger partial charge in [-0.25, -0.2) is 4.79 Å². The van der Waals surface area contributed by atoms with Crippen LogP contribution in [0.3, 0.4) is 0 Å². The maximum atomic E-state index is 10.7. The number of aliphatic carboxylic acids is 1. The molecule has 0 aliphatic rings. The van der Waals surface area contributed by atoms with Gasteiger partial charge >= 0.3 is 5.97 Å². The summed E-state index contributed by atoms with van der Waals surface area (Å²) in [5, 5.41) is 9.38. The molecule has 1 aromatic rings. The Labute approximate surface area is 93.4 Å². The molecule has 0 radical (unpaired) electrons. The molecule has 0 spiro atoms. The highest BCUT2D eigenvalue weighted by Gasteiger charge is 2.04. The van der Waals surface area contributed by atoms with Crippen molar-refractivity contribution < 1.29 is 18.3 Å². The number of rotatable bonds is 3. The number of carboxylic acids is 1. The highest BCUT2D eigenvalue weighted by Crippen LogP contribution is 2.10. The lowest BCUT2D eigenvalue weighted by Crippen LogP contribution is -2.02. The molecule has 5 nitrogen and oxygen atoms in total. The normalized spacial score (nSPS) is 10.9. The van der Waals surface area contributed by atoms with E-state index in [1.165, 1.54) is 6.08 Å². The topological polar surface area (TPSA) is 97.5 Å². The van der Waals surface area contributed by atoms with Crippen LogP contribution in [0, 0.1) is 0 Å². The van der Waals surface area contributed by atoms with E-state index in [0.717, 1.165) is 0 Å². The van der Waals surface area contributed by atoms with E-state index in [0.29, 0.717) is 16.6 Å². The third kappa shape index (κ3) is 3.58.